The van der Waals surface area contributed by atoms with Crippen molar-refractivity contribution >= 4 is 15.7 Å². The standard InChI is InChI=1S/C8H14O2Si/c1-5-7(4)11-10-8(9)6(2)3/h7H,2,5H2,1,3-4H3. The van der Waals surface area contributed by atoms with Crippen molar-refractivity contribution in [2.45, 2.75) is 32.7 Å². The molecule has 0 saturated carbocycles. The highest BCUT2D eigenvalue weighted by Crippen LogP contribution is 2.06. The second kappa shape index (κ2) is 5.13. The summed E-state index contributed by atoms with van der Waals surface area (Å²) in [7, 11) is 0.269. The summed E-state index contributed by atoms with van der Waals surface area (Å²) in [6.07, 6.45) is 1.04. The minimum absolute atomic E-state index is 0.269. The molecule has 62 valence electrons. The van der Waals surface area contributed by atoms with Crippen LogP contribution in [-0.2, 0) is 9.22 Å². The van der Waals surface area contributed by atoms with Gasteiger partial charge in [-0.25, -0.2) is 4.79 Å². The lowest BCUT2D eigenvalue weighted by Gasteiger charge is -2.06. The number of rotatable bonds is 4. The van der Waals surface area contributed by atoms with E-state index in [-0.39, 0.29) is 15.7 Å². The smallest absolute Gasteiger partial charge is 0.319 e. The molecule has 11 heavy (non-hydrogen) atoms. The minimum atomic E-state index is -0.274. The fourth-order valence-corrected chi connectivity index (χ4v) is 0.974. The zero-order chi connectivity index (χ0) is 8.85. The Morgan fingerprint density at radius 1 is 1.73 bits per heavy atom. The minimum Gasteiger partial charge on any atom is -0.513 e. The van der Waals surface area contributed by atoms with Gasteiger partial charge in [-0.2, -0.15) is 0 Å². The lowest BCUT2D eigenvalue weighted by molar-refractivity contribution is -0.130. The highest BCUT2D eigenvalue weighted by molar-refractivity contribution is 6.33. The maximum Gasteiger partial charge on any atom is 0.319 e. The fraction of sp³-hybridized carbons (Fsp3) is 0.625. The normalized spacial score (nSPS) is 12.3. The molecule has 0 spiro atoms. The van der Waals surface area contributed by atoms with Gasteiger partial charge in [-0.1, -0.05) is 26.8 Å². The van der Waals surface area contributed by atoms with Crippen LogP contribution in [0.5, 0.6) is 0 Å². The largest absolute Gasteiger partial charge is 0.513 e. The van der Waals surface area contributed by atoms with E-state index in [1.54, 1.807) is 6.92 Å². The van der Waals surface area contributed by atoms with Gasteiger partial charge >= 0.3 is 15.7 Å². The highest BCUT2D eigenvalue weighted by atomic mass is 28.2. The van der Waals surface area contributed by atoms with E-state index in [0.29, 0.717) is 11.1 Å². The first-order valence-electron chi connectivity index (χ1n) is 3.70. The third kappa shape index (κ3) is 4.78. The lowest BCUT2D eigenvalue weighted by Crippen LogP contribution is -2.12. The van der Waals surface area contributed by atoms with E-state index in [1.807, 2.05) is 0 Å². The van der Waals surface area contributed by atoms with E-state index in [0.717, 1.165) is 6.42 Å². The summed E-state index contributed by atoms with van der Waals surface area (Å²) in [6, 6.07) is 0. The monoisotopic (exact) mass is 170 g/mol. The molecule has 0 aromatic rings. The Morgan fingerprint density at radius 2 is 2.27 bits per heavy atom. The third-order valence-corrected chi connectivity index (χ3v) is 2.43. The summed E-state index contributed by atoms with van der Waals surface area (Å²) in [4.78, 5) is 10.8. The van der Waals surface area contributed by atoms with Crippen LogP contribution in [-0.4, -0.2) is 15.7 Å². The van der Waals surface area contributed by atoms with Crippen molar-refractivity contribution in [3.8, 4) is 0 Å². The van der Waals surface area contributed by atoms with Crippen molar-refractivity contribution in [1.29, 1.82) is 0 Å². The van der Waals surface area contributed by atoms with Crippen molar-refractivity contribution in [3.05, 3.63) is 12.2 Å². The van der Waals surface area contributed by atoms with Crippen LogP contribution in [0.2, 0.25) is 5.54 Å². The maximum atomic E-state index is 10.8. The van der Waals surface area contributed by atoms with E-state index in [4.69, 9.17) is 4.43 Å². The molecule has 0 aliphatic rings. The summed E-state index contributed by atoms with van der Waals surface area (Å²) in [6.45, 7) is 9.28. The number of hydrogen-bond donors (Lipinski definition) is 0. The van der Waals surface area contributed by atoms with Crippen LogP contribution in [0.3, 0.4) is 0 Å². The van der Waals surface area contributed by atoms with Gasteiger partial charge in [0.1, 0.15) is 0 Å². The molecule has 0 aromatic carbocycles. The predicted molar refractivity (Wildman–Crippen MR) is 46.4 cm³/mol. The van der Waals surface area contributed by atoms with Gasteiger partial charge in [0.2, 0.25) is 0 Å². The van der Waals surface area contributed by atoms with E-state index in [1.165, 1.54) is 0 Å². The van der Waals surface area contributed by atoms with Gasteiger partial charge in [0, 0.05) is 5.57 Å². The second-order valence-corrected chi connectivity index (χ2v) is 4.02. The molecule has 1 unspecified atom stereocenters. The predicted octanol–water partition coefficient (Wildman–Crippen LogP) is 1.94. The molecule has 0 amide bonds. The fourth-order valence-electron chi connectivity index (χ4n) is 0.325. The molecule has 2 nitrogen and oxygen atoms in total. The molecule has 0 rings (SSSR count). The van der Waals surface area contributed by atoms with Crippen LogP contribution in [0, 0.1) is 0 Å². The molecule has 0 heterocycles. The summed E-state index contributed by atoms with van der Waals surface area (Å²) in [5.41, 5.74) is 0.944. The van der Waals surface area contributed by atoms with Crippen molar-refractivity contribution in [2.75, 3.05) is 0 Å². The van der Waals surface area contributed by atoms with Gasteiger partial charge in [0.05, 0.1) is 0 Å². The molecule has 0 aliphatic carbocycles. The van der Waals surface area contributed by atoms with Gasteiger partial charge in [0.15, 0.2) is 0 Å². The van der Waals surface area contributed by atoms with Crippen molar-refractivity contribution in [3.63, 3.8) is 0 Å². The van der Waals surface area contributed by atoms with E-state index < -0.39 is 0 Å². The Bertz CT molecular complexity index is 154. The van der Waals surface area contributed by atoms with E-state index in [2.05, 4.69) is 20.4 Å². The maximum absolute atomic E-state index is 10.8. The van der Waals surface area contributed by atoms with Crippen LogP contribution >= 0.6 is 0 Å². The molecule has 0 saturated heterocycles. The second-order valence-electron chi connectivity index (χ2n) is 2.60. The first-order valence-corrected chi connectivity index (χ1v) is 4.68. The Labute approximate surface area is 70.6 Å². The lowest BCUT2D eigenvalue weighted by atomic mass is 10.4. The highest BCUT2D eigenvalue weighted by Gasteiger charge is 2.08. The molecular formula is C8H14O2Si. The van der Waals surface area contributed by atoms with E-state index >= 15 is 0 Å². The van der Waals surface area contributed by atoms with E-state index in [9.17, 15) is 4.79 Å². The first kappa shape index (κ1) is 10.4. The van der Waals surface area contributed by atoms with Crippen molar-refractivity contribution < 1.29 is 9.22 Å². The van der Waals surface area contributed by atoms with Gasteiger partial charge in [-0.15, -0.1) is 0 Å². The topological polar surface area (TPSA) is 26.3 Å². The van der Waals surface area contributed by atoms with Crippen LogP contribution in [0.4, 0.5) is 0 Å². The summed E-state index contributed by atoms with van der Waals surface area (Å²) in [5, 5.41) is 0. The number of hydrogen-bond acceptors (Lipinski definition) is 2. The number of carbonyl (C=O) groups is 1. The van der Waals surface area contributed by atoms with Crippen LogP contribution in [0.1, 0.15) is 27.2 Å². The quantitative estimate of drug-likeness (QED) is 0.476. The first-order chi connectivity index (χ1) is 5.07. The van der Waals surface area contributed by atoms with Gasteiger partial charge in [0.25, 0.3) is 0 Å². The SMILES string of the molecule is C=C(C)C(=O)O[Si]C(C)CC. The summed E-state index contributed by atoms with van der Waals surface area (Å²) >= 11 is 0. The Balaban J connectivity index is 3.54. The summed E-state index contributed by atoms with van der Waals surface area (Å²) < 4.78 is 4.95. The molecular weight excluding hydrogens is 156 g/mol. The van der Waals surface area contributed by atoms with Crippen LogP contribution in [0.25, 0.3) is 0 Å². The molecule has 2 radical (unpaired) electrons. The Morgan fingerprint density at radius 3 is 2.64 bits per heavy atom. The average molecular weight is 170 g/mol. The molecule has 0 aliphatic heterocycles. The van der Waals surface area contributed by atoms with Gasteiger partial charge in [-0.05, 0) is 12.5 Å². The molecule has 0 bridgehead atoms. The van der Waals surface area contributed by atoms with Crippen molar-refractivity contribution in [2.24, 2.45) is 0 Å². The third-order valence-electron chi connectivity index (χ3n) is 1.31. The average Bonchev–Trinajstić information content (AvgIpc) is 1.99. The zero-order valence-electron chi connectivity index (χ0n) is 7.31. The Hall–Kier alpha value is -0.573. The molecule has 0 fully saturated rings. The molecule has 3 heteroatoms. The molecule has 1 atom stereocenters. The van der Waals surface area contributed by atoms with Crippen molar-refractivity contribution in [1.82, 2.24) is 0 Å². The molecule has 0 aromatic heterocycles. The zero-order valence-corrected chi connectivity index (χ0v) is 8.31. The van der Waals surface area contributed by atoms with Crippen LogP contribution < -0.4 is 0 Å². The van der Waals surface area contributed by atoms with Gasteiger partial charge in [-0.3, -0.25) is 0 Å². The summed E-state index contributed by atoms with van der Waals surface area (Å²) in [5.74, 6) is -0.274. The number of carbonyl (C=O) groups excluding carboxylic acids is 1. The van der Waals surface area contributed by atoms with Crippen LogP contribution in [0.15, 0.2) is 12.2 Å². The van der Waals surface area contributed by atoms with Gasteiger partial charge < -0.3 is 4.43 Å². The Kier molecular flexibility index (Phi) is 4.86. The molecule has 0 N–H and O–H groups in total.